The van der Waals surface area contributed by atoms with Gasteiger partial charge in [0.05, 0.1) is 23.9 Å². The molecule has 0 aromatic carbocycles. The van der Waals surface area contributed by atoms with Crippen molar-refractivity contribution in [1.82, 2.24) is 29.5 Å². The van der Waals surface area contributed by atoms with Gasteiger partial charge in [0, 0.05) is 19.1 Å². The second-order valence-electron chi connectivity index (χ2n) is 3.39. The summed E-state index contributed by atoms with van der Waals surface area (Å²) in [5.41, 5.74) is 0. The molecule has 0 rings (SSSR count). The fraction of sp³-hybridized carbons (Fsp3) is 0.556. The van der Waals surface area contributed by atoms with E-state index < -0.39 is 55.9 Å². The lowest BCUT2D eigenvalue weighted by molar-refractivity contribution is -0.318. The van der Waals surface area contributed by atoms with Crippen molar-refractivity contribution >= 4 is 23.9 Å². The highest BCUT2D eigenvalue weighted by Crippen LogP contribution is 2.06. The van der Waals surface area contributed by atoms with Crippen molar-refractivity contribution in [2.45, 2.75) is 18.9 Å². The number of nitrogens with zero attached hydrogens (tertiary/aromatic N) is 1. The molecule has 0 fully saturated rings. The number of carbonyl (C=O) groups excluding carboxylic acids is 4. The van der Waals surface area contributed by atoms with E-state index >= 15 is 0 Å². The van der Waals surface area contributed by atoms with Crippen molar-refractivity contribution in [2.24, 2.45) is 0 Å². The first-order chi connectivity index (χ1) is 8.23. The monoisotopic (exact) mass is 331 g/mol. The van der Waals surface area contributed by atoms with Gasteiger partial charge in [-0.1, -0.05) is 0 Å². The summed E-state index contributed by atoms with van der Waals surface area (Å²) >= 11 is 0. The van der Waals surface area contributed by atoms with Crippen molar-refractivity contribution in [3.8, 4) is 0 Å². The summed E-state index contributed by atoms with van der Waals surface area (Å²) in [4.78, 5) is 42.1. The van der Waals surface area contributed by atoms with Gasteiger partial charge in [-0.3, -0.25) is 4.90 Å². The predicted molar refractivity (Wildman–Crippen MR) is 68.6 cm³/mol. The number of carboxylic acid groups (broad SMARTS) is 4. The van der Waals surface area contributed by atoms with Crippen LogP contribution in [-0.4, -0.2) is 47.9 Å². The minimum absolute atomic E-state index is 0. The van der Waals surface area contributed by atoms with Crippen molar-refractivity contribution in [3.05, 3.63) is 0 Å². The molecule has 0 aromatic heterocycles. The summed E-state index contributed by atoms with van der Waals surface area (Å²) in [5, 5.41) is 41.6. The molecule has 0 saturated heterocycles. The molecule has 0 radical (unpaired) electrons. The standard InChI is InChI=1S/C9H13NO8.4H3N/c11-6(12)2-1-5(9(17)18)10(3-7(13)14)4-8(15)16;;;;/h5H,1-4H2,(H,11,12)(H,13,14)(H,15,16)(H,17,18);4*1H3/t5-;;;;/m0..../s1. The van der Waals surface area contributed by atoms with Gasteiger partial charge in [0.1, 0.15) is 0 Å². The van der Waals surface area contributed by atoms with E-state index in [1.165, 1.54) is 0 Å². The molecule has 0 aliphatic heterocycles. The van der Waals surface area contributed by atoms with E-state index in [0.29, 0.717) is 4.90 Å². The van der Waals surface area contributed by atoms with Crippen LogP contribution in [0.25, 0.3) is 0 Å². The molecule has 0 bridgehead atoms. The van der Waals surface area contributed by atoms with Crippen molar-refractivity contribution in [1.29, 1.82) is 0 Å². The number of carboxylic acids is 4. The third-order valence-electron chi connectivity index (χ3n) is 2.00. The molecule has 22 heavy (non-hydrogen) atoms. The van der Waals surface area contributed by atoms with Gasteiger partial charge < -0.3 is 64.2 Å². The van der Waals surface area contributed by atoms with Crippen LogP contribution in [0.2, 0.25) is 0 Å². The molecule has 0 saturated carbocycles. The van der Waals surface area contributed by atoms with Crippen LogP contribution in [0.15, 0.2) is 0 Å². The minimum atomic E-state index is -1.79. The largest absolute Gasteiger partial charge is 0.550 e. The van der Waals surface area contributed by atoms with E-state index in [2.05, 4.69) is 0 Å². The van der Waals surface area contributed by atoms with Crippen LogP contribution in [0.5, 0.6) is 0 Å². The Kier molecular flexibility index (Phi) is 21.8. The Bertz CT molecular complexity index is 348. The second kappa shape index (κ2) is 15.1. The van der Waals surface area contributed by atoms with E-state index in [1.54, 1.807) is 0 Å². The maximum Gasteiger partial charge on any atom is 0.0586 e. The highest BCUT2D eigenvalue weighted by molar-refractivity contribution is 5.76. The van der Waals surface area contributed by atoms with Gasteiger partial charge in [-0.15, -0.1) is 0 Å². The first-order valence-corrected chi connectivity index (χ1v) is 4.78. The minimum Gasteiger partial charge on any atom is -0.550 e. The SMILES string of the molecule is O=C([O-])CC[C@@H](C(=O)[O-])N(CC(=O)[O-])CC(=O)[O-].[NH4+].[NH4+].[NH4+].[NH4+]. The first kappa shape index (κ1) is 31.9. The number of rotatable bonds is 9. The Hall–Kier alpha value is -2.32. The second-order valence-corrected chi connectivity index (χ2v) is 3.39. The molecule has 0 aromatic rings. The fourth-order valence-electron chi connectivity index (χ4n) is 1.31. The average molecular weight is 331 g/mol. The molecule has 16 N–H and O–H groups in total. The molecule has 0 amide bonds. The lowest BCUT2D eigenvalue weighted by Crippen LogP contribution is -2.55. The maximum atomic E-state index is 10.7. The molecule has 0 unspecified atom stereocenters. The lowest BCUT2D eigenvalue weighted by Gasteiger charge is -2.33. The smallest absolute Gasteiger partial charge is 0.0586 e. The van der Waals surface area contributed by atoms with Gasteiger partial charge in [0.15, 0.2) is 0 Å². The summed E-state index contributed by atoms with van der Waals surface area (Å²) in [6.07, 6.45) is -1.24. The summed E-state index contributed by atoms with van der Waals surface area (Å²) in [6.45, 7) is -2.00. The predicted octanol–water partition coefficient (Wildman–Crippen LogP) is -5.06. The summed E-state index contributed by atoms with van der Waals surface area (Å²) < 4.78 is 0. The van der Waals surface area contributed by atoms with E-state index in [1.807, 2.05) is 0 Å². The molecule has 1 atom stereocenters. The molecular formula is C9H25N5O8. The van der Waals surface area contributed by atoms with Gasteiger partial charge in [0.2, 0.25) is 0 Å². The van der Waals surface area contributed by atoms with Crippen LogP contribution in [0.3, 0.4) is 0 Å². The number of hydrogen-bond acceptors (Lipinski definition) is 9. The maximum absolute atomic E-state index is 10.7. The third kappa shape index (κ3) is 14.1. The van der Waals surface area contributed by atoms with Gasteiger partial charge in [-0.2, -0.15) is 0 Å². The Morgan fingerprint density at radius 2 is 1.09 bits per heavy atom. The summed E-state index contributed by atoms with van der Waals surface area (Å²) in [7, 11) is 0. The molecule has 0 aliphatic carbocycles. The van der Waals surface area contributed by atoms with Crippen LogP contribution in [0.1, 0.15) is 12.8 Å². The topological polar surface area (TPSA) is 310 Å². The van der Waals surface area contributed by atoms with Crippen LogP contribution in [0.4, 0.5) is 0 Å². The van der Waals surface area contributed by atoms with Crippen LogP contribution in [-0.2, 0) is 19.2 Å². The van der Waals surface area contributed by atoms with Gasteiger partial charge in [-0.25, -0.2) is 0 Å². The molecule has 13 heteroatoms. The zero-order chi connectivity index (χ0) is 14.3. The van der Waals surface area contributed by atoms with Crippen molar-refractivity contribution in [2.75, 3.05) is 13.1 Å². The Labute approximate surface area is 126 Å². The zero-order valence-corrected chi connectivity index (χ0v) is 13.1. The average Bonchev–Trinajstić information content (AvgIpc) is 2.14. The number of carbonyl (C=O) groups is 4. The van der Waals surface area contributed by atoms with E-state index in [-0.39, 0.29) is 24.6 Å². The normalized spacial score (nSPS) is 9.86. The van der Waals surface area contributed by atoms with E-state index in [4.69, 9.17) is 0 Å². The molecule has 134 valence electrons. The van der Waals surface area contributed by atoms with Gasteiger partial charge >= 0.3 is 0 Å². The molecule has 0 aliphatic rings. The van der Waals surface area contributed by atoms with Crippen LogP contribution < -0.4 is 45.0 Å². The molecule has 0 spiro atoms. The Balaban J connectivity index is -0.000000241. The highest BCUT2D eigenvalue weighted by atomic mass is 16.4. The number of aliphatic carboxylic acids is 4. The number of hydrogen-bond donors (Lipinski definition) is 4. The lowest BCUT2D eigenvalue weighted by atomic mass is 10.1. The Morgan fingerprint density at radius 3 is 1.32 bits per heavy atom. The van der Waals surface area contributed by atoms with Crippen molar-refractivity contribution in [3.63, 3.8) is 0 Å². The summed E-state index contributed by atoms with van der Waals surface area (Å²) in [6, 6.07) is -1.70. The first-order valence-electron chi connectivity index (χ1n) is 4.78. The number of quaternary nitrogens is 4. The van der Waals surface area contributed by atoms with E-state index in [9.17, 15) is 39.6 Å². The zero-order valence-electron chi connectivity index (χ0n) is 13.1. The van der Waals surface area contributed by atoms with Crippen LogP contribution >= 0.6 is 0 Å². The fourth-order valence-corrected chi connectivity index (χ4v) is 1.31. The highest BCUT2D eigenvalue weighted by Gasteiger charge is 2.19. The molecule has 13 nitrogen and oxygen atoms in total. The van der Waals surface area contributed by atoms with Gasteiger partial charge in [0.25, 0.3) is 0 Å². The van der Waals surface area contributed by atoms with Crippen LogP contribution in [0, 0.1) is 0 Å². The molecular weight excluding hydrogens is 306 g/mol. The quantitative estimate of drug-likeness (QED) is 0.313. The third-order valence-corrected chi connectivity index (χ3v) is 2.00. The molecule has 0 heterocycles. The van der Waals surface area contributed by atoms with E-state index in [0.717, 1.165) is 0 Å². The summed E-state index contributed by atoms with van der Waals surface area (Å²) in [5.74, 6) is -6.77. The van der Waals surface area contributed by atoms with Gasteiger partial charge in [-0.05, 0) is 12.8 Å². The van der Waals surface area contributed by atoms with Crippen molar-refractivity contribution < 1.29 is 39.6 Å². The Morgan fingerprint density at radius 1 is 0.727 bits per heavy atom.